The van der Waals surface area contributed by atoms with Gasteiger partial charge in [0.15, 0.2) is 0 Å². The average Bonchev–Trinajstić information content (AvgIpc) is 2.76. The van der Waals surface area contributed by atoms with Crippen molar-refractivity contribution in [2.45, 2.75) is 77.4 Å². The van der Waals surface area contributed by atoms with Crippen molar-refractivity contribution in [3.8, 4) is 5.75 Å². The van der Waals surface area contributed by atoms with Crippen LogP contribution in [0.2, 0.25) is 0 Å². The first-order chi connectivity index (χ1) is 15.4. The number of carbonyl (C=O) groups excluding carboxylic acids is 1. The van der Waals surface area contributed by atoms with Crippen molar-refractivity contribution in [1.82, 2.24) is 10.2 Å². The molecule has 1 aromatic carbocycles. The Hall–Kier alpha value is -1.11. The van der Waals surface area contributed by atoms with Gasteiger partial charge < -0.3 is 19.7 Å². The van der Waals surface area contributed by atoms with Gasteiger partial charge in [-0.1, -0.05) is 15.9 Å². The van der Waals surface area contributed by atoms with E-state index in [4.69, 9.17) is 9.47 Å². The van der Waals surface area contributed by atoms with E-state index in [-0.39, 0.29) is 18.6 Å². The third-order valence-corrected chi connectivity index (χ3v) is 7.72. The van der Waals surface area contributed by atoms with Crippen LogP contribution in [0, 0.1) is 11.8 Å². The first-order valence-corrected chi connectivity index (χ1v) is 13.2. The van der Waals surface area contributed by atoms with Crippen LogP contribution in [0.1, 0.15) is 64.4 Å². The molecule has 1 saturated heterocycles. The van der Waals surface area contributed by atoms with E-state index in [0.29, 0.717) is 6.04 Å². The van der Waals surface area contributed by atoms with E-state index >= 15 is 0 Å². The summed E-state index contributed by atoms with van der Waals surface area (Å²) in [5.41, 5.74) is 1.37. The molecule has 3 rings (SSSR count). The van der Waals surface area contributed by atoms with E-state index in [1.54, 1.807) is 7.11 Å². The number of rotatable bonds is 10. The van der Waals surface area contributed by atoms with Crippen LogP contribution in [0.25, 0.3) is 0 Å². The summed E-state index contributed by atoms with van der Waals surface area (Å²) in [5, 5.41) is 3.10. The highest BCUT2D eigenvalue weighted by Gasteiger charge is 2.24. The minimum atomic E-state index is 0.0185. The molecule has 2 fully saturated rings. The zero-order valence-corrected chi connectivity index (χ0v) is 21.7. The summed E-state index contributed by atoms with van der Waals surface area (Å²) in [6.07, 6.45) is 9.87. The number of benzene rings is 1. The third kappa shape index (κ3) is 8.35. The number of halogens is 1. The molecule has 1 aromatic rings. The topological polar surface area (TPSA) is 50.8 Å². The van der Waals surface area contributed by atoms with Crippen molar-refractivity contribution < 1.29 is 14.3 Å². The Bertz CT molecular complexity index is 711. The fraction of sp³-hybridized carbons (Fsp3) is 0.731. The van der Waals surface area contributed by atoms with Crippen molar-refractivity contribution in [3.05, 3.63) is 28.2 Å². The average molecular weight is 510 g/mol. The molecule has 180 valence electrons. The smallest absolute Gasteiger partial charge is 0.246 e. The van der Waals surface area contributed by atoms with Crippen molar-refractivity contribution in [1.29, 1.82) is 0 Å². The second-order valence-electron chi connectivity index (χ2n) is 9.92. The normalized spacial score (nSPS) is 22.8. The molecule has 1 heterocycles. The molecule has 0 bridgehead atoms. The summed E-state index contributed by atoms with van der Waals surface area (Å²) in [6.45, 7) is 7.97. The first-order valence-electron chi connectivity index (χ1n) is 12.4. The summed E-state index contributed by atoms with van der Waals surface area (Å²) >= 11 is 3.73. The van der Waals surface area contributed by atoms with Gasteiger partial charge in [-0.2, -0.15) is 0 Å². The molecule has 5 nitrogen and oxygen atoms in total. The van der Waals surface area contributed by atoms with Gasteiger partial charge in [-0.3, -0.25) is 4.79 Å². The first kappa shape index (κ1) is 25.5. The molecule has 1 N–H and O–H groups in total. The Morgan fingerprint density at radius 2 is 1.84 bits per heavy atom. The van der Waals surface area contributed by atoms with Gasteiger partial charge >= 0.3 is 0 Å². The van der Waals surface area contributed by atoms with Gasteiger partial charge in [0.2, 0.25) is 5.91 Å². The van der Waals surface area contributed by atoms with Gasteiger partial charge in [0, 0.05) is 17.6 Å². The lowest BCUT2D eigenvalue weighted by Gasteiger charge is -2.34. The Morgan fingerprint density at radius 3 is 2.50 bits per heavy atom. The second kappa shape index (κ2) is 13.0. The summed E-state index contributed by atoms with van der Waals surface area (Å²) in [7, 11) is 1.57. The lowest BCUT2D eigenvalue weighted by Crippen LogP contribution is -2.40. The highest BCUT2D eigenvalue weighted by molar-refractivity contribution is 9.10. The minimum Gasteiger partial charge on any atom is -0.491 e. The van der Waals surface area contributed by atoms with Crippen LogP contribution in [-0.2, 0) is 16.0 Å². The number of nitrogens with zero attached hydrogens (tertiary/aromatic N) is 1. The van der Waals surface area contributed by atoms with Gasteiger partial charge in [0.25, 0.3) is 0 Å². The van der Waals surface area contributed by atoms with Crippen LogP contribution in [0.5, 0.6) is 5.75 Å². The van der Waals surface area contributed by atoms with Crippen LogP contribution in [-0.4, -0.2) is 56.3 Å². The maximum absolute atomic E-state index is 11.7. The minimum absolute atomic E-state index is 0.0185. The second-order valence-corrected chi connectivity index (χ2v) is 10.8. The number of carbonyl (C=O) groups is 1. The molecule has 32 heavy (non-hydrogen) atoms. The monoisotopic (exact) mass is 508 g/mol. The number of likely N-dealkylation sites (tertiary alicyclic amines) is 1. The molecule has 1 aliphatic heterocycles. The Morgan fingerprint density at radius 1 is 1.12 bits per heavy atom. The maximum atomic E-state index is 11.7. The number of hydrogen-bond donors (Lipinski definition) is 1. The van der Waals surface area contributed by atoms with E-state index in [0.717, 1.165) is 36.8 Å². The third-order valence-electron chi connectivity index (χ3n) is 6.95. The van der Waals surface area contributed by atoms with Crippen LogP contribution in [0.15, 0.2) is 22.7 Å². The standard InChI is InChI=1S/C26H41BrN2O3/c1-19(2)32-24-8-9-25(27)22(17-24)16-21-11-14-29(15-12-21)13-10-20-4-6-23(7-5-20)28-26(30)18-31-3/h8-9,17,19-21,23H,4-7,10-16,18H2,1-3H3,(H,28,30). The molecule has 1 aliphatic carbocycles. The van der Waals surface area contributed by atoms with Gasteiger partial charge in [0.1, 0.15) is 12.4 Å². The van der Waals surface area contributed by atoms with Crippen LogP contribution < -0.4 is 10.1 Å². The van der Waals surface area contributed by atoms with E-state index in [9.17, 15) is 4.79 Å². The zero-order chi connectivity index (χ0) is 22.9. The van der Waals surface area contributed by atoms with Crippen LogP contribution >= 0.6 is 15.9 Å². The summed E-state index contributed by atoms with van der Waals surface area (Å²) in [5.74, 6) is 2.56. The number of hydrogen-bond acceptors (Lipinski definition) is 4. The fourth-order valence-corrected chi connectivity index (χ4v) is 5.55. The van der Waals surface area contributed by atoms with Crippen LogP contribution in [0.3, 0.4) is 0 Å². The van der Waals surface area contributed by atoms with Crippen molar-refractivity contribution in [3.63, 3.8) is 0 Å². The molecule has 0 radical (unpaired) electrons. The highest BCUT2D eigenvalue weighted by atomic mass is 79.9. The Balaban J connectivity index is 1.34. The SMILES string of the molecule is COCC(=O)NC1CCC(CCN2CCC(Cc3cc(OC(C)C)ccc3Br)CC2)CC1. The molecule has 0 aromatic heterocycles. The number of piperidine rings is 1. The molecule has 2 aliphatic rings. The maximum Gasteiger partial charge on any atom is 0.246 e. The van der Waals surface area contributed by atoms with E-state index in [2.05, 4.69) is 58.2 Å². The number of methoxy groups -OCH3 is 1. The van der Waals surface area contributed by atoms with Gasteiger partial charge in [0.05, 0.1) is 6.10 Å². The molecule has 1 saturated carbocycles. The van der Waals surface area contributed by atoms with E-state index < -0.39 is 0 Å². The molecule has 0 spiro atoms. The summed E-state index contributed by atoms with van der Waals surface area (Å²) in [4.78, 5) is 14.4. The largest absolute Gasteiger partial charge is 0.491 e. The Kier molecular flexibility index (Phi) is 10.3. The predicted octanol–water partition coefficient (Wildman–Crippen LogP) is 5.20. The molecule has 6 heteroatoms. The van der Waals surface area contributed by atoms with Crippen LogP contribution in [0.4, 0.5) is 0 Å². The summed E-state index contributed by atoms with van der Waals surface area (Å²) in [6, 6.07) is 6.73. The number of ether oxygens (including phenoxy) is 2. The highest BCUT2D eigenvalue weighted by Crippen LogP contribution is 2.30. The molecule has 1 amide bonds. The van der Waals surface area contributed by atoms with Crippen molar-refractivity contribution in [2.24, 2.45) is 11.8 Å². The molecule has 0 unspecified atom stereocenters. The van der Waals surface area contributed by atoms with E-state index in [1.165, 1.54) is 61.8 Å². The number of amides is 1. The summed E-state index contributed by atoms with van der Waals surface area (Å²) < 4.78 is 12.0. The van der Waals surface area contributed by atoms with Gasteiger partial charge in [-0.15, -0.1) is 0 Å². The van der Waals surface area contributed by atoms with Crippen molar-refractivity contribution in [2.75, 3.05) is 33.4 Å². The van der Waals surface area contributed by atoms with Crippen molar-refractivity contribution >= 4 is 21.8 Å². The lowest BCUT2D eigenvalue weighted by molar-refractivity contribution is -0.125. The zero-order valence-electron chi connectivity index (χ0n) is 20.1. The molecular formula is C26H41BrN2O3. The molecular weight excluding hydrogens is 468 g/mol. The quantitative estimate of drug-likeness (QED) is 0.471. The van der Waals surface area contributed by atoms with E-state index in [1.807, 2.05) is 0 Å². The van der Waals surface area contributed by atoms with Gasteiger partial charge in [-0.05, 0) is 120 Å². The Labute approximate surface area is 202 Å². The van der Waals surface area contributed by atoms with Gasteiger partial charge in [-0.25, -0.2) is 0 Å². The predicted molar refractivity (Wildman–Crippen MR) is 133 cm³/mol. The lowest BCUT2D eigenvalue weighted by atomic mass is 9.83. The number of nitrogens with one attached hydrogen (secondary N) is 1. The fourth-order valence-electron chi connectivity index (χ4n) is 5.14. The molecule has 0 atom stereocenters.